The molecule has 0 spiro atoms. The number of hydrogen-bond acceptors (Lipinski definition) is 4. The number of ether oxygens (including phenoxy) is 1. The van der Waals surface area contributed by atoms with E-state index in [4.69, 9.17) is 16.3 Å². The minimum Gasteiger partial charge on any atom is -0.495 e. The Balaban J connectivity index is 2.02. The van der Waals surface area contributed by atoms with Crippen LogP contribution in [-0.4, -0.2) is 17.1 Å². The molecule has 0 amide bonds. The number of nitrogens with one attached hydrogen (secondary N) is 1. The summed E-state index contributed by atoms with van der Waals surface area (Å²) in [5.74, 6) is 0.666. The molecule has 0 bridgehead atoms. The number of hydrogen-bond donors (Lipinski definition) is 1. The van der Waals surface area contributed by atoms with Crippen molar-refractivity contribution in [1.82, 2.24) is 9.97 Å². The van der Waals surface area contributed by atoms with Gasteiger partial charge >= 0.3 is 0 Å². The maximum Gasteiger partial charge on any atom is 0.137 e. The van der Waals surface area contributed by atoms with Crippen LogP contribution < -0.4 is 10.1 Å². The van der Waals surface area contributed by atoms with Gasteiger partial charge in [0.1, 0.15) is 12.1 Å². The third kappa shape index (κ3) is 3.07. The van der Waals surface area contributed by atoms with E-state index in [1.54, 1.807) is 13.3 Å². The zero-order valence-corrected chi connectivity index (χ0v) is 10.1. The van der Waals surface area contributed by atoms with Crippen LogP contribution in [0, 0.1) is 0 Å². The Morgan fingerprint density at radius 2 is 2.24 bits per heavy atom. The summed E-state index contributed by atoms with van der Waals surface area (Å²) >= 11 is 6.02. The number of benzene rings is 1. The number of nitrogens with zero attached hydrogens (tertiary/aromatic N) is 2. The highest BCUT2D eigenvalue weighted by molar-refractivity contribution is 6.32. The van der Waals surface area contributed by atoms with E-state index >= 15 is 0 Å². The molecule has 0 atom stereocenters. The molecule has 0 saturated carbocycles. The van der Waals surface area contributed by atoms with Gasteiger partial charge in [-0.25, -0.2) is 9.97 Å². The van der Waals surface area contributed by atoms with Crippen LogP contribution in [0.15, 0.2) is 36.8 Å². The van der Waals surface area contributed by atoms with Crippen molar-refractivity contribution in [2.45, 2.75) is 6.54 Å². The van der Waals surface area contributed by atoms with Crippen molar-refractivity contribution in [1.29, 1.82) is 0 Å². The second kappa shape index (κ2) is 5.50. The summed E-state index contributed by atoms with van der Waals surface area (Å²) in [6.45, 7) is 0.630. The first-order chi connectivity index (χ1) is 8.29. The van der Waals surface area contributed by atoms with Gasteiger partial charge in [0.05, 0.1) is 24.4 Å². The zero-order chi connectivity index (χ0) is 12.1. The lowest BCUT2D eigenvalue weighted by molar-refractivity contribution is 0.415. The van der Waals surface area contributed by atoms with Gasteiger partial charge in [-0.05, 0) is 24.3 Å². The summed E-state index contributed by atoms with van der Waals surface area (Å²) < 4.78 is 5.08. The smallest absolute Gasteiger partial charge is 0.137 e. The molecule has 0 fully saturated rings. The van der Waals surface area contributed by atoms with Crippen LogP contribution in [0.2, 0.25) is 5.02 Å². The number of anilines is 1. The van der Waals surface area contributed by atoms with Crippen molar-refractivity contribution in [2.75, 3.05) is 12.4 Å². The van der Waals surface area contributed by atoms with E-state index in [1.165, 1.54) is 6.33 Å². The highest BCUT2D eigenvalue weighted by Crippen LogP contribution is 2.27. The van der Waals surface area contributed by atoms with E-state index in [9.17, 15) is 0 Å². The minimum atomic E-state index is 0.584. The fraction of sp³-hybridized carbons (Fsp3) is 0.167. The van der Waals surface area contributed by atoms with Crippen LogP contribution in [-0.2, 0) is 6.54 Å². The Kier molecular flexibility index (Phi) is 3.77. The Labute approximate surface area is 105 Å². The van der Waals surface area contributed by atoms with Crippen molar-refractivity contribution in [3.63, 3.8) is 0 Å². The molecule has 1 aromatic heterocycles. The Hall–Kier alpha value is -1.81. The molecule has 2 aromatic rings. The van der Waals surface area contributed by atoms with Crippen LogP contribution in [0.25, 0.3) is 0 Å². The van der Waals surface area contributed by atoms with E-state index in [-0.39, 0.29) is 0 Å². The predicted octanol–water partition coefficient (Wildman–Crippen LogP) is 2.75. The average Bonchev–Trinajstić information content (AvgIpc) is 2.38. The molecule has 0 aliphatic rings. The summed E-state index contributed by atoms with van der Waals surface area (Å²) in [5, 5.41) is 3.81. The van der Waals surface area contributed by atoms with Crippen molar-refractivity contribution in [3.05, 3.63) is 47.5 Å². The lowest BCUT2D eigenvalue weighted by Crippen LogP contribution is -2.01. The van der Waals surface area contributed by atoms with Crippen LogP contribution in [0.5, 0.6) is 5.75 Å². The van der Waals surface area contributed by atoms with Crippen molar-refractivity contribution >= 4 is 17.3 Å². The molecule has 0 saturated heterocycles. The molecule has 2 rings (SSSR count). The topological polar surface area (TPSA) is 47.0 Å². The molecular formula is C12H12ClN3O. The van der Waals surface area contributed by atoms with Crippen LogP contribution in [0.4, 0.5) is 5.69 Å². The maximum atomic E-state index is 6.02. The summed E-state index contributed by atoms with van der Waals surface area (Å²) in [4.78, 5) is 7.98. The molecule has 1 aromatic carbocycles. The van der Waals surface area contributed by atoms with Gasteiger partial charge in [-0.1, -0.05) is 11.6 Å². The van der Waals surface area contributed by atoms with Crippen LogP contribution >= 0.6 is 11.6 Å². The summed E-state index contributed by atoms with van der Waals surface area (Å²) in [6.07, 6.45) is 3.24. The first-order valence-corrected chi connectivity index (χ1v) is 5.49. The standard InChI is InChI=1S/C12H12ClN3O/c1-17-12-3-2-9(6-11(12)13)15-7-10-4-5-14-8-16-10/h2-6,8,15H,7H2,1H3. The van der Waals surface area contributed by atoms with Crippen molar-refractivity contribution in [3.8, 4) is 5.75 Å². The van der Waals surface area contributed by atoms with Crippen molar-refractivity contribution < 1.29 is 4.74 Å². The first kappa shape index (κ1) is 11.7. The summed E-state index contributed by atoms with van der Waals surface area (Å²) in [7, 11) is 1.59. The Morgan fingerprint density at radius 1 is 1.35 bits per heavy atom. The fourth-order valence-electron chi connectivity index (χ4n) is 1.39. The van der Waals surface area contributed by atoms with Gasteiger partial charge in [0.15, 0.2) is 0 Å². The van der Waals surface area contributed by atoms with E-state index < -0.39 is 0 Å². The average molecular weight is 250 g/mol. The molecule has 5 heteroatoms. The largest absolute Gasteiger partial charge is 0.495 e. The van der Waals surface area contributed by atoms with Gasteiger partial charge in [-0.15, -0.1) is 0 Å². The van der Waals surface area contributed by atoms with Gasteiger partial charge in [-0.2, -0.15) is 0 Å². The van der Waals surface area contributed by atoms with Gasteiger partial charge < -0.3 is 10.1 Å². The molecule has 1 heterocycles. The van der Waals surface area contributed by atoms with Crippen LogP contribution in [0.3, 0.4) is 0 Å². The van der Waals surface area contributed by atoms with Gasteiger partial charge in [-0.3, -0.25) is 0 Å². The predicted molar refractivity (Wildman–Crippen MR) is 67.4 cm³/mol. The first-order valence-electron chi connectivity index (χ1n) is 5.12. The number of methoxy groups -OCH3 is 1. The molecule has 0 aliphatic carbocycles. The summed E-state index contributed by atoms with van der Waals surface area (Å²) in [5.41, 5.74) is 1.85. The van der Waals surface area contributed by atoms with E-state index in [1.807, 2.05) is 24.3 Å². The minimum absolute atomic E-state index is 0.584. The second-order valence-corrected chi connectivity index (χ2v) is 3.81. The second-order valence-electron chi connectivity index (χ2n) is 3.40. The summed E-state index contributed by atoms with van der Waals surface area (Å²) in [6, 6.07) is 7.41. The number of halogens is 1. The van der Waals surface area contributed by atoms with Gasteiger partial charge in [0, 0.05) is 11.9 Å². The molecule has 0 aliphatic heterocycles. The molecule has 0 unspecified atom stereocenters. The Morgan fingerprint density at radius 3 is 2.88 bits per heavy atom. The molecule has 17 heavy (non-hydrogen) atoms. The molecule has 88 valence electrons. The highest BCUT2D eigenvalue weighted by Gasteiger charge is 2.01. The molecule has 4 nitrogen and oxygen atoms in total. The number of rotatable bonds is 4. The lowest BCUT2D eigenvalue weighted by Gasteiger charge is -2.08. The molecular weight excluding hydrogens is 238 g/mol. The fourth-order valence-corrected chi connectivity index (χ4v) is 1.65. The normalized spacial score (nSPS) is 10.0. The van der Waals surface area contributed by atoms with E-state index in [0.717, 1.165) is 11.4 Å². The lowest BCUT2D eigenvalue weighted by atomic mass is 10.3. The Bertz CT molecular complexity index is 490. The van der Waals surface area contributed by atoms with E-state index in [2.05, 4.69) is 15.3 Å². The molecule has 1 N–H and O–H groups in total. The van der Waals surface area contributed by atoms with Gasteiger partial charge in [0.25, 0.3) is 0 Å². The quantitative estimate of drug-likeness (QED) is 0.905. The molecule has 0 radical (unpaired) electrons. The monoisotopic (exact) mass is 249 g/mol. The van der Waals surface area contributed by atoms with Crippen LogP contribution in [0.1, 0.15) is 5.69 Å². The third-order valence-electron chi connectivity index (χ3n) is 2.27. The van der Waals surface area contributed by atoms with E-state index in [0.29, 0.717) is 17.3 Å². The SMILES string of the molecule is COc1ccc(NCc2ccncn2)cc1Cl. The third-order valence-corrected chi connectivity index (χ3v) is 2.56. The van der Waals surface area contributed by atoms with Crippen molar-refractivity contribution in [2.24, 2.45) is 0 Å². The number of aromatic nitrogens is 2. The maximum absolute atomic E-state index is 6.02. The zero-order valence-electron chi connectivity index (χ0n) is 9.35. The highest BCUT2D eigenvalue weighted by atomic mass is 35.5. The van der Waals surface area contributed by atoms with Gasteiger partial charge in [0.2, 0.25) is 0 Å².